The minimum absolute atomic E-state index is 0.105. The van der Waals surface area contributed by atoms with E-state index in [4.69, 9.17) is 19.2 Å². The molecule has 1 atom stereocenters. The van der Waals surface area contributed by atoms with Gasteiger partial charge in [0.1, 0.15) is 24.1 Å². The first-order valence-corrected chi connectivity index (χ1v) is 16.7. The number of aromatic nitrogens is 1. The number of thiazole rings is 1. The normalized spacial score (nSPS) is 14.6. The maximum atomic E-state index is 14.2. The van der Waals surface area contributed by atoms with Crippen LogP contribution in [-0.4, -0.2) is 23.2 Å². The monoisotopic (exact) mass is 734 g/mol. The zero-order chi connectivity index (χ0) is 32.1. The van der Waals surface area contributed by atoms with E-state index in [1.807, 2.05) is 68.5 Å². The molecule has 0 radical (unpaired) electrons. The molecule has 2 heterocycles. The number of carbonyl (C=O) groups excluding carboxylic acids is 1. The summed E-state index contributed by atoms with van der Waals surface area (Å²) in [5, 5.41) is 0. The van der Waals surface area contributed by atoms with Gasteiger partial charge in [0.05, 0.1) is 28.5 Å². The highest BCUT2D eigenvalue weighted by molar-refractivity contribution is 14.1. The van der Waals surface area contributed by atoms with Crippen LogP contribution in [0, 0.1) is 3.57 Å². The fourth-order valence-electron chi connectivity index (χ4n) is 5.19. The third kappa shape index (κ3) is 7.31. The van der Waals surface area contributed by atoms with Crippen LogP contribution in [0.1, 0.15) is 56.0 Å². The molecule has 45 heavy (non-hydrogen) atoms. The van der Waals surface area contributed by atoms with E-state index in [0.29, 0.717) is 44.9 Å². The van der Waals surface area contributed by atoms with E-state index in [0.717, 1.165) is 22.4 Å². The molecular formula is C36H35IN2O5S. The van der Waals surface area contributed by atoms with Crippen molar-refractivity contribution in [3.63, 3.8) is 0 Å². The molecule has 0 fully saturated rings. The summed E-state index contributed by atoms with van der Waals surface area (Å²) in [5.74, 6) is 0.856. The molecule has 4 aromatic rings. The summed E-state index contributed by atoms with van der Waals surface area (Å²) >= 11 is 3.57. The summed E-state index contributed by atoms with van der Waals surface area (Å²) in [7, 11) is 0. The second-order valence-electron chi connectivity index (χ2n) is 10.8. The van der Waals surface area contributed by atoms with E-state index in [-0.39, 0.29) is 18.3 Å². The first-order valence-electron chi connectivity index (χ1n) is 14.8. The molecular weight excluding hydrogens is 699 g/mol. The molecule has 7 nitrogen and oxygen atoms in total. The molecule has 0 N–H and O–H groups in total. The van der Waals surface area contributed by atoms with Gasteiger partial charge in [-0.25, -0.2) is 9.79 Å². The Labute approximate surface area is 280 Å². The van der Waals surface area contributed by atoms with E-state index in [2.05, 4.69) is 53.4 Å². The van der Waals surface area contributed by atoms with Gasteiger partial charge in [-0.2, -0.15) is 0 Å². The van der Waals surface area contributed by atoms with Gasteiger partial charge in [0, 0.05) is 9.13 Å². The number of allylic oxidation sites excluding steroid dienone is 2. The molecule has 3 aromatic carbocycles. The predicted molar refractivity (Wildman–Crippen MR) is 186 cm³/mol. The van der Waals surface area contributed by atoms with Crippen molar-refractivity contribution < 1.29 is 19.0 Å². The van der Waals surface area contributed by atoms with Crippen LogP contribution in [0.25, 0.3) is 6.08 Å². The van der Waals surface area contributed by atoms with Gasteiger partial charge in [0.15, 0.2) is 4.80 Å². The van der Waals surface area contributed by atoms with Crippen LogP contribution in [-0.2, 0) is 22.6 Å². The Morgan fingerprint density at radius 1 is 1.11 bits per heavy atom. The van der Waals surface area contributed by atoms with Crippen molar-refractivity contribution in [1.29, 1.82) is 0 Å². The van der Waals surface area contributed by atoms with Crippen LogP contribution < -0.4 is 24.4 Å². The Balaban J connectivity index is 1.58. The molecule has 0 spiro atoms. The predicted octanol–water partition coefficient (Wildman–Crippen LogP) is 6.50. The fraction of sp³-hybridized carbons (Fsp3) is 0.250. The SMILES string of the molecule is C=CCc1cc(/C=c2/sc3n(c2=O)[C@H](c2ccccc2OC(C)C)C(C(=O)OCC)=C(C)N=3)ccc1OCc1ccc(I)cc1. The Kier molecular flexibility index (Phi) is 10.4. The lowest BCUT2D eigenvalue weighted by atomic mass is 9.95. The van der Waals surface area contributed by atoms with E-state index in [9.17, 15) is 9.59 Å². The van der Waals surface area contributed by atoms with E-state index in [1.165, 1.54) is 14.9 Å². The van der Waals surface area contributed by atoms with Crippen molar-refractivity contribution in [3.05, 3.63) is 136 Å². The number of ether oxygens (including phenoxy) is 3. The molecule has 1 aliphatic heterocycles. The molecule has 232 valence electrons. The number of esters is 1. The molecule has 0 saturated carbocycles. The number of hydrogen-bond acceptors (Lipinski definition) is 7. The molecule has 0 amide bonds. The molecule has 9 heteroatoms. The van der Waals surface area contributed by atoms with Crippen molar-refractivity contribution in [3.8, 4) is 11.5 Å². The number of benzene rings is 3. The first kappa shape index (κ1) is 32.4. The summed E-state index contributed by atoms with van der Waals surface area (Å²) in [6.45, 7) is 12.0. The zero-order valence-corrected chi connectivity index (χ0v) is 28.7. The molecule has 0 saturated heterocycles. The minimum Gasteiger partial charge on any atom is -0.491 e. The molecule has 5 rings (SSSR count). The third-order valence-corrected chi connectivity index (χ3v) is 8.85. The van der Waals surface area contributed by atoms with Crippen LogP contribution in [0.5, 0.6) is 11.5 Å². The van der Waals surface area contributed by atoms with Gasteiger partial charge >= 0.3 is 5.97 Å². The van der Waals surface area contributed by atoms with Gasteiger partial charge in [-0.05, 0) is 110 Å². The van der Waals surface area contributed by atoms with Crippen molar-refractivity contribution in [2.45, 2.75) is 52.9 Å². The van der Waals surface area contributed by atoms with Crippen LogP contribution in [0.4, 0.5) is 0 Å². The summed E-state index contributed by atoms with van der Waals surface area (Å²) in [6.07, 6.45) is 4.20. The average Bonchev–Trinajstić information content (AvgIpc) is 3.31. The number of hydrogen-bond donors (Lipinski definition) is 0. The third-order valence-electron chi connectivity index (χ3n) is 7.15. The summed E-state index contributed by atoms with van der Waals surface area (Å²) < 4.78 is 21.0. The number of fused-ring (bicyclic) bond motifs is 1. The number of nitrogens with zero attached hydrogens (tertiary/aromatic N) is 2. The zero-order valence-electron chi connectivity index (χ0n) is 25.7. The highest BCUT2D eigenvalue weighted by Crippen LogP contribution is 2.36. The summed E-state index contributed by atoms with van der Waals surface area (Å²) in [5.41, 5.74) is 4.17. The largest absolute Gasteiger partial charge is 0.491 e. The second kappa shape index (κ2) is 14.4. The molecule has 0 aliphatic carbocycles. The van der Waals surface area contributed by atoms with Crippen molar-refractivity contribution in [2.75, 3.05) is 6.61 Å². The lowest BCUT2D eigenvalue weighted by Gasteiger charge is -2.26. The standard InChI is InChI=1S/C36H35IN2O5S/c1-6-10-26-19-25(15-18-29(26)43-21-24-13-16-27(37)17-14-24)20-31-34(40)39-33(28-11-8-9-12-30(28)44-22(3)4)32(35(41)42-7-2)23(5)38-36(39)45-31/h6,8-9,11-20,22,33H,1,7,10,21H2,2-5H3/b31-20+/t33-/m1/s1. The number of para-hydroxylation sites is 1. The fourth-order valence-corrected chi connectivity index (χ4v) is 6.60. The second-order valence-corrected chi connectivity index (χ2v) is 13.0. The average molecular weight is 735 g/mol. The van der Waals surface area contributed by atoms with Crippen LogP contribution in [0.2, 0.25) is 0 Å². The molecule has 1 aliphatic rings. The highest BCUT2D eigenvalue weighted by atomic mass is 127. The van der Waals surface area contributed by atoms with Gasteiger partial charge in [-0.15, -0.1) is 6.58 Å². The summed E-state index contributed by atoms with van der Waals surface area (Å²) in [4.78, 5) is 32.7. The van der Waals surface area contributed by atoms with Gasteiger partial charge in [0.2, 0.25) is 0 Å². The number of carbonyl (C=O) groups is 1. The van der Waals surface area contributed by atoms with E-state index < -0.39 is 12.0 Å². The maximum absolute atomic E-state index is 14.2. The van der Waals surface area contributed by atoms with E-state index in [1.54, 1.807) is 18.4 Å². The Hall–Kier alpha value is -3.96. The van der Waals surface area contributed by atoms with Gasteiger partial charge in [-0.3, -0.25) is 9.36 Å². The number of rotatable bonds is 11. The highest BCUT2D eigenvalue weighted by Gasteiger charge is 2.35. The number of halogens is 1. The Morgan fingerprint density at radius 3 is 2.58 bits per heavy atom. The Morgan fingerprint density at radius 2 is 1.87 bits per heavy atom. The van der Waals surface area contributed by atoms with Crippen molar-refractivity contribution in [1.82, 2.24) is 4.57 Å². The lowest BCUT2D eigenvalue weighted by molar-refractivity contribution is -0.139. The minimum atomic E-state index is -0.759. The Bertz CT molecular complexity index is 1940. The first-order chi connectivity index (χ1) is 21.7. The lowest BCUT2D eigenvalue weighted by Crippen LogP contribution is -2.40. The topological polar surface area (TPSA) is 79.1 Å². The maximum Gasteiger partial charge on any atom is 0.338 e. The van der Waals surface area contributed by atoms with Crippen molar-refractivity contribution >= 4 is 46.0 Å². The summed E-state index contributed by atoms with van der Waals surface area (Å²) in [6, 6.07) is 20.8. The van der Waals surface area contributed by atoms with Crippen molar-refractivity contribution in [2.24, 2.45) is 4.99 Å². The molecule has 0 unspecified atom stereocenters. The van der Waals surface area contributed by atoms with Gasteiger partial charge in [0.25, 0.3) is 5.56 Å². The van der Waals surface area contributed by atoms with Crippen LogP contribution in [0.3, 0.4) is 0 Å². The van der Waals surface area contributed by atoms with Gasteiger partial charge < -0.3 is 14.2 Å². The van der Waals surface area contributed by atoms with Gasteiger partial charge in [-0.1, -0.05) is 53.8 Å². The van der Waals surface area contributed by atoms with Crippen LogP contribution >= 0.6 is 33.9 Å². The van der Waals surface area contributed by atoms with Crippen LogP contribution in [0.15, 0.2) is 100 Å². The molecule has 1 aromatic heterocycles. The quantitative estimate of drug-likeness (QED) is 0.100. The molecule has 0 bridgehead atoms. The van der Waals surface area contributed by atoms with E-state index >= 15 is 0 Å². The smallest absolute Gasteiger partial charge is 0.338 e.